The Kier molecular flexibility index (Phi) is 7.02. The second-order valence-corrected chi connectivity index (χ2v) is 10.4. The zero-order valence-electron chi connectivity index (χ0n) is 14.9. The summed E-state index contributed by atoms with van der Waals surface area (Å²) in [5.41, 5.74) is 1.82. The first-order valence-electron chi connectivity index (χ1n) is 9.05. The molecule has 4 nitrogen and oxygen atoms in total. The van der Waals surface area contributed by atoms with Crippen LogP contribution in [0.4, 0.5) is 0 Å². The summed E-state index contributed by atoms with van der Waals surface area (Å²) in [5, 5.41) is 14.7. The Morgan fingerprint density at radius 2 is 1.81 bits per heavy atom. The van der Waals surface area contributed by atoms with Crippen molar-refractivity contribution in [3.8, 4) is 0 Å². The number of benzene rings is 2. The predicted molar refractivity (Wildman–Crippen MR) is 111 cm³/mol. The van der Waals surface area contributed by atoms with Crippen molar-refractivity contribution in [3.63, 3.8) is 0 Å². The third kappa shape index (κ3) is 6.32. The van der Waals surface area contributed by atoms with Gasteiger partial charge in [0.25, 0.3) is 0 Å². The summed E-state index contributed by atoms with van der Waals surface area (Å²) < 4.78 is 12.5. The van der Waals surface area contributed by atoms with Crippen LogP contribution in [0, 0.1) is 5.92 Å². The van der Waals surface area contributed by atoms with Crippen LogP contribution in [0.3, 0.4) is 0 Å². The summed E-state index contributed by atoms with van der Waals surface area (Å²) in [4.78, 5) is 10.2. The monoisotopic (exact) mass is 427 g/mol. The maximum atomic E-state index is 12.5. The lowest BCUT2D eigenvalue weighted by molar-refractivity contribution is 0.183. The summed E-state index contributed by atoms with van der Waals surface area (Å²) in [6.45, 7) is 0.251. The molecule has 3 rings (SSSR count). The summed E-state index contributed by atoms with van der Waals surface area (Å²) in [5.74, 6) is 0.486. The molecule has 1 aliphatic carbocycles. The number of halogens is 2. The van der Waals surface area contributed by atoms with Gasteiger partial charge in [0.2, 0.25) is 7.37 Å². The second kappa shape index (κ2) is 9.09. The minimum atomic E-state index is -3.45. The SMILES string of the molecule is O=P(O)(Cc1ccccc1)C[C@H](O)CNC(c1ccc(Cl)c(Cl)c1)C1CC1. The van der Waals surface area contributed by atoms with Gasteiger partial charge in [-0.25, -0.2) is 0 Å². The van der Waals surface area contributed by atoms with E-state index in [9.17, 15) is 14.6 Å². The van der Waals surface area contributed by atoms with Crippen molar-refractivity contribution < 1.29 is 14.6 Å². The van der Waals surface area contributed by atoms with Crippen molar-refractivity contribution in [1.82, 2.24) is 5.32 Å². The molecule has 0 bridgehead atoms. The molecule has 2 aromatic rings. The van der Waals surface area contributed by atoms with Gasteiger partial charge in [0.15, 0.2) is 0 Å². The quantitative estimate of drug-likeness (QED) is 0.499. The van der Waals surface area contributed by atoms with E-state index in [2.05, 4.69) is 5.32 Å². The van der Waals surface area contributed by atoms with Crippen molar-refractivity contribution in [3.05, 3.63) is 69.7 Å². The molecule has 1 aliphatic rings. The highest BCUT2D eigenvalue weighted by molar-refractivity contribution is 7.57. The van der Waals surface area contributed by atoms with E-state index in [1.54, 1.807) is 6.07 Å². The van der Waals surface area contributed by atoms with Crippen molar-refractivity contribution in [2.45, 2.75) is 31.1 Å². The van der Waals surface area contributed by atoms with E-state index < -0.39 is 13.5 Å². The van der Waals surface area contributed by atoms with Crippen LogP contribution in [0.1, 0.15) is 30.0 Å². The zero-order chi connectivity index (χ0) is 19.4. The van der Waals surface area contributed by atoms with Gasteiger partial charge in [-0.15, -0.1) is 0 Å². The smallest absolute Gasteiger partial charge is 0.207 e. The number of aliphatic hydroxyl groups is 1. The zero-order valence-corrected chi connectivity index (χ0v) is 17.3. The maximum absolute atomic E-state index is 12.5. The molecule has 0 saturated heterocycles. The van der Waals surface area contributed by atoms with Crippen molar-refractivity contribution >= 4 is 30.6 Å². The van der Waals surface area contributed by atoms with Gasteiger partial charge in [-0.3, -0.25) is 4.57 Å². The second-order valence-electron chi connectivity index (χ2n) is 7.22. The molecule has 0 aromatic heterocycles. The molecule has 0 aliphatic heterocycles. The maximum Gasteiger partial charge on any atom is 0.207 e. The average Bonchev–Trinajstić information content (AvgIpc) is 3.43. The topological polar surface area (TPSA) is 69.6 Å². The third-order valence-electron chi connectivity index (χ3n) is 4.74. The molecule has 1 saturated carbocycles. The minimum Gasteiger partial charge on any atom is -0.391 e. The van der Waals surface area contributed by atoms with Crippen LogP contribution >= 0.6 is 30.6 Å². The molecular weight excluding hydrogens is 404 g/mol. The Balaban J connectivity index is 1.57. The Labute approximate surface area is 170 Å². The van der Waals surface area contributed by atoms with Gasteiger partial charge in [-0.1, -0.05) is 59.6 Å². The molecule has 2 unspecified atom stereocenters. The highest BCUT2D eigenvalue weighted by Crippen LogP contribution is 2.45. The van der Waals surface area contributed by atoms with Gasteiger partial charge in [0.1, 0.15) is 0 Å². The van der Waals surface area contributed by atoms with Gasteiger partial charge in [0.05, 0.1) is 22.3 Å². The van der Waals surface area contributed by atoms with Gasteiger partial charge in [-0.2, -0.15) is 0 Å². The molecule has 1 fully saturated rings. The molecule has 0 heterocycles. The van der Waals surface area contributed by atoms with Crippen LogP contribution in [-0.4, -0.2) is 28.8 Å². The normalized spacial score (nSPS) is 18.7. The number of nitrogens with one attached hydrogen (secondary N) is 1. The van der Waals surface area contributed by atoms with E-state index in [-0.39, 0.29) is 24.9 Å². The summed E-state index contributed by atoms with van der Waals surface area (Å²) >= 11 is 12.1. The fraction of sp³-hybridized carbons (Fsp3) is 0.400. The number of aliphatic hydroxyl groups excluding tert-OH is 1. The Hall–Kier alpha value is -0.870. The third-order valence-corrected chi connectivity index (χ3v) is 7.33. The predicted octanol–water partition coefficient (Wildman–Crippen LogP) is 4.87. The van der Waals surface area contributed by atoms with E-state index in [1.165, 1.54) is 0 Å². The lowest BCUT2D eigenvalue weighted by atomic mass is 10.0. The lowest BCUT2D eigenvalue weighted by Gasteiger charge is -2.22. The van der Waals surface area contributed by atoms with Crippen LogP contribution in [-0.2, 0) is 10.7 Å². The van der Waals surface area contributed by atoms with E-state index in [4.69, 9.17) is 23.2 Å². The van der Waals surface area contributed by atoms with Crippen LogP contribution in [0.2, 0.25) is 10.0 Å². The summed E-state index contributed by atoms with van der Waals surface area (Å²) in [6.07, 6.45) is 1.27. The first-order chi connectivity index (χ1) is 12.8. The summed E-state index contributed by atoms with van der Waals surface area (Å²) in [6, 6.07) is 14.8. The van der Waals surface area contributed by atoms with Crippen LogP contribution in [0.5, 0.6) is 0 Å². The molecule has 146 valence electrons. The van der Waals surface area contributed by atoms with Crippen LogP contribution in [0.25, 0.3) is 0 Å². The first kappa shape index (κ1) is 20.9. The van der Waals surface area contributed by atoms with Gasteiger partial charge in [-0.05, 0) is 42.0 Å². The number of hydrogen-bond acceptors (Lipinski definition) is 3. The van der Waals surface area contributed by atoms with E-state index >= 15 is 0 Å². The molecule has 27 heavy (non-hydrogen) atoms. The van der Waals surface area contributed by atoms with Gasteiger partial charge < -0.3 is 15.3 Å². The molecule has 7 heteroatoms. The van der Waals surface area contributed by atoms with E-state index in [0.29, 0.717) is 16.0 Å². The van der Waals surface area contributed by atoms with Gasteiger partial charge in [0, 0.05) is 18.7 Å². The van der Waals surface area contributed by atoms with Crippen molar-refractivity contribution in [1.29, 1.82) is 0 Å². The number of rotatable bonds is 9. The lowest BCUT2D eigenvalue weighted by Crippen LogP contribution is -2.33. The van der Waals surface area contributed by atoms with Gasteiger partial charge >= 0.3 is 0 Å². The molecule has 2 aromatic carbocycles. The van der Waals surface area contributed by atoms with Crippen molar-refractivity contribution in [2.75, 3.05) is 12.7 Å². The van der Waals surface area contributed by atoms with Crippen molar-refractivity contribution in [2.24, 2.45) is 5.92 Å². The first-order valence-corrected chi connectivity index (χ1v) is 11.8. The molecule has 0 amide bonds. The Morgan fingerprint density at radius 1 is 1.11 bits per heavy atom. The molecule has 3 atom stereocenters. The largest absolute Gasteiger partial charge is 0.391 e. The average molecular weight is 428 g/mol. The minimum absolute atomic E-state index is 0.0571. The van der Waals surface area contributed by atoms with E-state index in [1.807, 2.05) is 42.5 Å². The molecular formula is C20H24Cl2NO3P. The van der Waals surface area contributed by atoms with E-state index in [0.717, 1.165) is 24.0 Å². The fourth-order valence-corrected chi connectivity index (χ4v) is 5.29. The standard InChI is InChI=1S/C20H24Cl2NO3P/c21-18-9-8-16(10-19(18)22)20(15-6-7-15)23-11-17(24)13-27(25,26)12-14-4-2-1-3-5-14/h1-5,8-10,15,17,20,23-24H,6-7,11-13H2,(H,25,26)/t17-,20?/m1/s1. The molecule has 0 spiro atoms. The van der Waals surface area contributed by atoms with Crippen LogP contribution in [0.15, 0.2) is 48.5 Å². The fourth-order valence-electron chi connectivity index (χ4n) is 3.28. The highest BCUT2D eigenvalue weighted by Gasteiger charge is 2.33. The van der Waals surface area contributed by atoms with Crippen LogP contribution < -0.4 is 5.32 Å². The molecule has 0 radical (unpaired) electrons. The highest BCUT2D eigenvalue weighted by atomic mass is 35.5. The molecule has 3 N–H and O–H groups in total. The summed E-state index contributed by atoms with van der Waals surface area (Å²) in [7, 11) is -3.45. The Morgan fingerprint density at radius 3 is 2.44 bits per heavy atom. The Bertz CT molecular complexity index is 814. The number of hydrogen-bond donors (Lipinski definition) is 3.